The lowest BCUT2D eigenvalue weighted by Crippen LogP contribution is -1.81. The number of hydrogen-bond donors (Lipinski definition) is 1. The number of thiazole rings is 1. The Bertz CT molecular complexity index is 394. The third-order valence-electron chi connectivity index (χ3n) is 1.37. The first kappa shape index (κ1) is 8.22. The highest BCUT2D eigenvalue weighted by atomic mass is 79.9. The molecule has 2 N–H and O–H groups in total. The summed E-state index contributed by atoms with van der Waals surface area (Å²) in [6.07, 6.45) is 0. The van der Waals surface area contributed by atoms with E-state index in [0.717, 1.165) is 15.0 Å². The number of nitrogens with zero attached hydrogens (tertiary/aromatic N) is 1. The van der Waals surface area contributed by atoms with Crippen molar-refractivity contribution in [3.63, 3.8) is 0 Å². The highest BCUT2D eigenvalue weighted by Crippen LogP contribution is 2.34. The zero-order valence-electron chi connectivity index (χ0n) is 5.95. The minimum absolute atomic E-state index is 0.616. The van der Waals surface area contributed by atoms with Crippen molar-refractivity contribution < 1.29 is 0 Å². The minimum atomic E-state index is 0.616. The van der Waals surface area contributed by atoms with Gasteiger partial charge in [0.2, 0.25) is 0 Å². The number of nitrogens with two attached hydrogens (primary N) is 1. The second-order valence-electron chi connectivity index (χ2n) is 2.17. The fourth-order valence-electron chi connectivity index (χ4n) is 0.868. The van der Waals surface area contributed by atoms with E-state index < -0.39 is 0 Å². The lowest BCUT2D eigenvalue weighted by molar-refractivity contribution is 1.43. The molecule has 0 saturated carbocycles. The molecular weight excluding hydrogens is 256 g/mol. The Hall–Kier alpha value is -0.390. The van der Waals surface area contributed by atoms with Crippen molar-refractivity contribution in [3.8, 4) is 10.6 Å². The number of rotatable bonds is 1. The largest absolute Gasteiger partial charge is 0.375 e. The molecule has 0 fully saturated rings. The predicted molar refractivity (Wildman–Crippen MR) is 57.5 cm³/mol. The molecule has 2 rings (SSSR count). The average molecular weight is 261 g/mol. The molecule has 12 heavy (non-hydrogen) atoms. The van der Waals surface area contributed by atoms with Crippen LogP contribution >= 0.6 is 38.6 Å². The van der Waals surface area contributed by atoms with Gasteiger partial charge in [0.25, 0.3) is 0 Å². The highest BCUT2D eigenvalue weighted by Gasteiger charge is 2.07. The van der Waals surface area contributed by atoms with Gasteiger partial charge in [-0.2, -0.15) is 0 Å². The summed E-state index contributed by atoms with van der Waals surface area (Å²) in [6.45, 7) is 0. The smallest absolute Gasteiger partial charge is 0.180 e. The Kier molecular flexibility index (Phi) is 2.16. The van der Waals surface area contributed by atoms with Gasteiger partial charge in [0.05, 0.1) is 10.6 Å². The van der Waals surface area contributed by atoms with E-state index in [9.17, 15) is 0 Å². The molecule has 0 unspecified atom stereocenters. The molecule has 2 nitrogen and oxygen atoms in total. The van der Waals surface area contributed by atoms with E-state index >= 15 is 0 Å². The van der Waals surface area contributed by atoms with Crippen molar-refractivity contribution in [1.29, 1.82) is 0 Å². The van der Waals surface area contributed by atoms with Crippen LogP contribution in [0, 0.1) is 0 Å². The summed E-state index contributed by atoms with van der Waals surface area (Å²) in [7, 11) is 0. The molecule has 0 radical (unpaired) electrons. The first-order chi connectivity index (χ1) is 5.77. The van der Waals surface area contributed by atoms with Crippen LogP contribution in [0.5, 0.6) is 0 Å². The summed E-state index contributed by atoms with van der Waals surface area (Å²) in [4.78, 5) is 5.33. The zero-order valence-corrected chi connectivity index (χ0v) is 9.17. The van der Waals surface area contributed by atoms with Gasteiger partial charge in [-0.1, -0.05) is 0 Å². The Labute approximate surface area is 86.2 Å². The Morgan fingerprint density at radius 1 is 1.42 bits per heavy atom. The lowest BCUT2D eigenvalue weighted by atomic mass is 10.4. The van der Waals surface area contributed by atoms with E-state index in [0.29, 0.717) is 5.13 Å². The summed E-state index contributed by atoms with van der Waals surface area (Å²) in [5, 5.41) is 4.60. The minimum Gasteiger partial charge on any atom is -0.375 e. The zero-order chi connectivity index (χ0) is 8.55. The van der Waals surface area contributed by atoms with Gasteiger partial charge in [0, 0.05) is 9.85 Å². The number of thiophene rings is 1. The molecule has 0 atom stereocenters. The second kappa shape index (κ2) is 3.16. The topological polar surface area (TPSA) is 38.9 Å². The Morgan fingerprint density at radius 2 is 2.25 bits per heavy atom. The van der Waals surface area contributed by atoms with Crippen molar-refractivity contribution >= 4 is 43.7 Å². The maximum atomic E-state index is 5.53. The molecule has 0 aromatic carbocycles. The third kappa shape index (κ3) is 1.39. The predicted octanol–water partition coefficient (Wildman–Crippen LogP) is 3.22. The van der Waals surface area contributed by atoms with Gasteiger partial charge >= 0.3 is 0 Å². The molecule has 62 valence electrons. The van der Waals surface area contributed by atoms with Crippen molar-refractivity contribution in [1.82, 2.24) is 4.98 Å². The number of anilines is 1. The van der Waals surface area contributed by atoms with Gasteiger partial charge in [-0.25, -0.2) is 4.98 Å². The third-order valence-corrected chi connectivity index (χ3v) is 3.91. The summed E-state index contributed by atoms with van der Waals surface area (Å²) >= 11 is 6.57. The molecule has 2 aromatic heterocycles. The van der Waals surface area contributed by atoms with Crippen molar-refractivity contribution in [3.05, 3.63) is 21.3 Å². The van der Waals surface area contributed by atoms with Crippen LogP contribution < -0.4 is 5.73 Å². The van der Waals surface area contributed by atoms with E-state index in [2.05, 4.69) is 20.9 Å². The van der Waals surface area contributed by atoms with Gasteiger partial charge in [-0.15, -0.1) is 22.7 Å². The summed E-state index contributed by atoms with van der Waals surface area (Å²) in [5.74, 6) is 0. The van der Waals surface area contributed by atoms with Crippen molar-refractivity contribution in [2.75, 3.05) is 5.73 Å². The molecule has 2 aromatic rings. The SMILES string of the molecule is Nc1nc(-c2sccc2Br)cs1. The fraction of sp³-hybridized carbons (Fsp3) is 0. The summed E-state index contributed by atoms with van der Waals surface area (Å²) < 4.78 is 1.08. The van der Waals surface area contributed by atoms with E-state index in [1.54, 1.807) is 11.3 Å². The van der Waals surface area contributed by atoms with Crippen LogP contribution in [0.2, 0.25) is 0 Å². The second-order valence-corrected chi connectivity index (χ2v) is 4.83. The molecule has 0 aliphatic heterocycles. The van der Waals surface area contributed by atoms with Crippen LogP contribution in [0.3, 0.4) is 0 Å². The van der Waals surface area contributed by atoms with Crippen molar-refractivity contribution in [2.24, 2.45) is 0 Å². The van der Waals surface area contributed by atoms with E-state index in [1.165, 1.54) is 11.3 Å². The van der Waals surface area contributed by atoms with Crippen LogP contribution in [0.15, 0.2) is 21.3 Å². The van der Waals surface area contributed by atoms with Crippen LogP contribution in [-0.4, -0.2) is 4.98 Å². The van der Waals surface area contributed by atoms with Gasteiger partial charge in [0.1, 0.15) is 0 Å². The van der Waals surface area contributed by atoms with Crippen LogP contribution in [0.1, 0.15) is 0 Å². The van der Waals surface area contributed by atoms with Gasteiger partial charge in [-0.3, -0.25) is 0 Å². The molecule has 0 spiro atoms. The molecule has 0 aliphatic carbocycles. The molecule has 0 saturated heterocycles. The normalized spacial score (nSPS) is 10.4. The number of nitrogen functional groups attached to an aromatic ring is 1. The maximum Gasteiger partial charge on any atom is 0.180 e. The Morgan fingerprint density at radius 3 is 2.75 bits per heavy atom. The standard InChI is InChI=1S/C7H5BrN2S2/c8-4-1-2-11-6(4)5-3-12-7(9)10-5/h1-3H,(H2,9,10). The molecule has 2 heterocycles. The number of hydrogen-bond acceptors (Lipinski definition) is 4. The maximum absolute atomic E-state index is 5.53. The van der Waals surface area contributed by atoms with Gasteiger partial charge in [-0.05, 0) is 27.4 Å². The van der Waals surface area contributed by atoms with Crippen LogP contribution in [0.25, 0.3) is 10.6 Å². The summed E-state index contributed by atoms with van der Waals surface area (Å²) in [5.41, 5.74) is 6.49. The average Bonchev–Trinajstić information content (AvgIpc) is 2.58. The van der Waals surface area contributed by atoms with E-state index in [-0.39, 0.29) is 0 Å². The molecule has 5 heteroatoms. The van der Waals surface area contributed by atoms with Crippen LogP contribution in [0.4, 0.5) is 5.13 Å². The van der Waals surface area contributed by atoms with Crippen LogP contribution in [-0.2, 0) is 0 Å². The lowest BCUT2D eigenvalue weighted by Gasteiger charge is -1.89. The van der Waals surface area contributed by atoms with Crippen molar-refractivity contribution in [2.45, 2.75) is 0 Å². The number of halogens is 1. The first-order valence-corrected chi connectivity index (χ1v) is 5.77. The molecular formula is C7H5BrN2S2. The monoisotopic (exact) mass is 260 g/mol. The first-order valence-electron chi connectivity index (χ1n) is 3.22. The van der Waals surface area contributed by atoms with E-state index in [4.69, 9.17) is 5.73 Å². The Balaban J connectivity index is 2.50. The quantitative estimate of drug-likeness (QED) is 0.856. The molecule has 0 aliphatic rings. The molecule has 0 bridgehead atoms. The highest BCUT2D eigenvalue weighted by molar-refractivity contribution is 9.10. The fourth-order valence-corrected chi connectivity index (χ4v) is 3.03. The summed E-state index contributed by atoms with van der Waals surface area (Å²) in [6, 6.07) is 2.01. The van der Waals surface area contributed by atoms with Gasteiger partial charge < -0.3 is 5.73 Å². The molecule has 0 amide bonds. The van der Waals surface area contributed by atoms with Gasteiger partial charge in [0.15, 0.2) is 5.13 Å². The number of aromatic nitrogens is 1. The van der Waals surface area contributed by atoms with E-state index in [1.807, 2.05) is 16.8 Å².